The molecule has 1 aliphatic rings. The predicted molar refractivity (Wildman–Crippen MR) is 89.7 cm³/mol. The van der Waals surface area contributed by atoms with Gasteiger partial charge in [0.25, 0.3) is 0 Å². The molecule has 0 amide bonds. The van der Waals surface area contributed by atoms with E-state index in [-0.39, 0.29) is 0 Å². The van der Waals surface area contributed by atoms with E-state index in [1.807, 2.05) is 6.07 Å². The minimum absolute atomic E-state index is 0.762. The highest BCUT2D eigenvalue weighted by molar-refractivity contribution is 5.79. The first-order chi connectivity index (χ1) is 10.3. The molecule has 3 nitrogen and oxygen atoms in total. The average Bonchev–Trinajstić information content (AvgIpc) is 2.53. The molecule has 0 bridgehead atoms. The van der Waals surface area contributed by atoms with Crippen LogP contribution >= 0.6 is 0 Å². The molecular weight excluding hydrogens is 258 g/mol. The molecule has 1 aromatic carbocycles. The lowest BCUT2D eigenvalue weighted by atomic mass is 10.0. The smallest absolute Gasteiger partial charge is 0.126 e. The van der Waals surface area contributed by atoms with E-state index in [1.54, 1.807) is 0 Å². The van der Waals surface area contributed by atoms with E-state index < -0.39 is 0 Å². The summed E-state index contributed by atoms with van der Waals surface area (Å²) >= 11 is 0. The van der Waals surface area contributed by atoms with E-state index in [9.17, 15) is 0 Å². The highest BCUT2D eigenvalue weighted by atomic mass is 15.2. The summed E-state index contributed by atoms with van der Waals surface area (Å²) in [4.78, 5) is 7.27. The van der Waals surface area contributed by atoms with Gasteiger partial charge in [0, 0.05) is 24.5 Å². The Morgan fingerprint density at radius 3 is 3.00 bits per heavy atom. The number of rotatable bonds is 5. The lowest BCUT2D eigenvalue weighted by Crippen LogP contribution is -2.38. The molecule has 2 heterocycles. The molecule has 0 saturated carbocycles. The monoisotopic (exact) mass is 283 g/mol. The Morgan fingerprint density at radius 2 is 2.10 bits per heavy atom. The SMILES string of the molecule is CC1CCCCN1CCCNc1ccc2ccccc2n1. The Bertz CT molecular complexity index is 581. The number of benzene rings is 1. The number of aromatic nitrogens is 1. The van der Waals surface area contributed by atoms with Gasteiger partial charge in [0.15, 0.2) is 0 Å². The minimum Gasteiger partial charge on any atom is -0.370 e. The van der Waals surface area contributed by atoms with Gasteiger partial charge in [-0.1, -0.05) is 24.6 Å². The minimum atomic E-state index is 0.762. The summed E-state index contributed by atoms with van der Waals surface area (Å²) in [7, 11) is 0. The zero-order chi connectivity index (χ0) is 14.5. The number of likely N-dealkylation sites (tertiary alicyclic amines) is 1. The summed E-state index contributed by atoms with van der Waals surface area (Å²) in [5.74, 6) is 0.986. The van der Waals surface area contributed by atoms with E-state index in [4.69, 9.17) is 0 Å². The van der Waals surface area contributed by atoms with Crippen LogP contribution in [0.15, 0.2) is 36.4 Å². The van der Waals surface area contributed by atoms with E-state index in [1.165, 1.54) is 44.2 Å². The van der Waals surface area contributed by atoms with Gasteiger partial charge >= 0.3 is 0 Å². The lowest BCUT2D eigenvalue weighted by Gasteiger charge is -2.33. The maximum absolute atomic E-state index is 4.65. The molecule has 0 radical (unpaired) electrons. The molecule has 1 atom stereocenters. The average molecular weight is 283 g/mol. The topological polar surface area (TPSA) is 28.2 Å². The van der Waals surface area contributed by atoms with Crippen LogP contribution in [0, 0.1) is 0 Å². The fourth-order valence-electron chi connectivity index (χ4n) is 3.15. The van der Waals surface area contributed by atoms with Crippen molar-refractivity contribution in [1.82, 2.24) is 9.88 Å². The van der Waals surface area contributed by atoms with Gasteiger partial charge in [0.05, 0.1) is 5.52 Å². The summed E-state index contributed by atoms with van der Waals surface area (Å²) in [6.45, 7) is 5.82. The van der Waals surface area contributed by atoms with E-state index in [0.717, 1.165) is 23.9 Å². The van der Waals surface area contributed by atoms with Gasteiger partial charge in [-0.15, -0.1) is 0 Å². The van der Waals surface area contributed by atoms with Crippen LogP contribution in [0.5, 0.6) is 0 Å². The number of pyridine rings is 1. The summed E-state index contributed by atoms with van der Waals surface area (Å²) in [6, 6.07) is 13.2. The fraction of sp³-hybridized carbons (Fsp3) is 0.500. The van der Waals surface area contributed by atoms with Crippen molar-refractivity contribution < 1.29 is 0 Å². The van der Waals surface area contributed by atoms with Crippen LogP contribution in [-0.2, 0) is 0 Å². The van der Waals surface area contributed by atoms with Crippen molar-refractivity contribution in [3.05, 3.63) is 36.4 Å². The first kappa shape index (κ1) is 14.3. The molecule has 1 aliphatic heterocycles. The summed E-state index contributed by atoms with van der Waals surface area (Å²) in [5, 5.41) is 4.65. The summed E-state index contributed by atoms with van der Waals surface area (Å²) in [5.41, 5.74) is 1.06. The number of nitrogens with zero attached hydrogens (tertiary/aromatic N) is 2. The number of anilines is 1. The van der Waals surface area contributed by atoms with Gasteiger partial charge in [-0.05, 0) is 50.9 Å². The van der Waals surface area contributed by atoms with Crippen LogP contribution in [0.3, 0.4) is 0 Å². The van der Waals surface area contributed by atoms with E-state index in [2.05, 4.69) is 52.5 Å². The highest BCUT2D eigenvalue weighted by Gasteiger charge is 2.16. The molecule has 0 aliphatic carbocycles. The molecule has 3 rings (SSSR count). The van der Waals surface area contributed by atoms with E-state index >= 15 is 0 Å². The van der Waals surface area contributed by atoms with Crippen molar-refractivity contribution in [2.75, 3.05) is 25.0 Å². The van der Waals surface area contributed by atoms with Gasteiger partial charge in [0.2, 0.25) is 0 Å². The predicted octanol–water partition coefficient (Wildman–Crippen LogP) is 3.91. The Kier molecular flexibility index (Phi) is 4.71. The third-order valence-corrected chi connectivity index (χ3v) is 4.47. The quantitative estimate of drug-likeness (QED) is 0.843. The normalized spacial score (nSPS) is 19.8. The summed E-state index contributed by atoms with van der Waals surface area (Å²) in [6.07, 6.45) is 5.30. The van der Waals surface area contributed by atoms with E-state index in [0.29, 0.717) is 0 Å². The van der Waals surface area contributed by atoms with Gasteiger partial charge in [-0.2, -0.15) is 0 Å². The van der Waals surface area contributed by atoms with Crippen LogP contribution in [-0.4, -0.2) is 35.6 Å². The maximum atomic E-state index is 4.65. The molecule has 1 fully saturated rings. The molecule has 0 spiro atoms. The molecular formula is C18H25N3. The molecule has 2 aromatic rings. The van der Waals surface area contributed by atoms with Gasteiger partial charge in [-0.25, -0.2) is 4.98 Å². The fourth-order valence-corrected chi connectivity index (χ4v) is 3.15. The van der Waals surface area contributed by atoms with Gasteiger partial charge in [-0.3, -0.25) is 0 Å². The highest BCUT2D eigenvalue weighted by Crippen LogP contribution is 2.17. The Labute approximate surface area is 127 Å². The number of hydrogen-bond donors (Lipinski definition) is 1. The Hall–Kier alpha value is -1.61. The molecule has 1 saturated heterocycles. The largest absolute Gasteiger partial charge is 0.370 e. The van der Waals surface area contributed by atoms with Crippen molar-refractivity contribution in [1.29, 1.82) is 0 Å². The molecule has 21 heavy (non-hydrogen) atoms. The number of para-hydroxylation sites is 1. The molecule has 3 heteroatoms. The number of piperidine rings is 1. The van der Waals surface area contributed by atoms with Crippen molar-refractivity contribution in [2.24, 2.45) is 0 Å². The van der Waals surface area contributed by atoms with Crippen LogP contribution in [0.1, 0.15) is 32.6 Å². The molecule has 112 valence electrons. The second kappa shape index (κ2) is 6.90. The van der Waals surface area contributed by atoms with Gasteiger partial charge < -0.3 is 10.2 Å². The van der Waals surface area contributed by atoms with Crippen molar-refractivity contribution >= 4 is 16.7 Å². The summed E-state index contributed by atoms with van der Waals surface area (Å²) < 4.78 is 0. The van der Waals surface area contributed by atoms with Crippen LogP contribution in [0.2, 0.25) is 0 Å². The first-order valence-electron chi connectivity index (χ1n) is 8.17. The third-order valence-electron chi connectivity index (χ3n) is 4.47. The van der Waals surface area contributed by atoms with Crippen molar-refractivity contribution in [2.45, 2.75) is 38.6 Å². The molecule has 1 unspecified atom stereocenters. The van der Waals surface area contributed by atoms with Crippen LogP contribution in [0.4, 0.5) is 5.82 Å². The lowest BCUT2D eigenvalue weighted by molar-refractivity contribution is 0.160. The number of hydrogen-bond acceptors (Lipinski definition) is 3. The standard InChI is InChI=1S/C18H25N3/c1-15-7-4-5-13-21(15)14-6-12-19-18-11-10-16-8-2-3-9-17(16)20-18/h2-3,8-11,15H,4-7,12-14H2,1H3,(H,19,20). The van der Waals surface area contributed by atoms with Crippen molar-refractivity contribution in [3.8, 4) is 0 Å². The Balaban J connectivity index is 1.48. The zero-order valence-electron chi connectivity index (χ0n) is 12.9. The second-order valence-corrected chi connectivity index (χ2v) is 6.05. The van der Waals surface area contributed by atoms with Crippen LogP contribution in [0.25, 0.3) is 10.9 Å². The second-order valence-electron chi connectivity index (χ2n) is 6.05. The first-order valence-corrected chi connectivity index (χ1v) is 8.17. The molecule has 1 aromatic heterocycles. The van der Waals surface area contributed by atoms with Crippen molar-refractivity contribution in [3.63, 3.8) is 0 Å². The molecule has 1 N–H and O–H groups in total. The van der Waals surface area contributed by atoms with Crippen LogP contribution < -0.4 is 5.32 Å². The number of fused-ring (bicyclic) bond motifs is 1. The Morgan fingerprint density at radius 1 is 1.19 bits per heavy atom. The maximum Gasteiger partial charge on any atom is 0.126 e. The zero-order valence-corrected chi connectivity index (χ0v) is 12.9. The number of nitrogens with one attached hydrogen (secondary N) is 1. The van der Waals surface area contributed by atoms with Gasteiger partial charge in [0.1, 0.15) is 5.82 Å². The third kappa shape index (κ3) is 3.73.